The van der Waals surface area contributed by atoms with E-state index < -0.39 is 0 Å². The quantitative estimate of drug-likeness (QED) is 0.686. The van der Waals surface area contributed by atoms with Gasteiger partial charge >= 0.3 is 0 Å². The molecule has 0 saturated heterocycles. The summed E-state index contributed by atoms with van der Waals surface area (Å²) in [7, 11) is 0. The molecule has 0 aliphatic rings. The highest BCUT2D eigenvalue weighted by atomic mass is 35.5. The first-order valence-corrected chi connectivity index (χ1v) is 4.16. The van der Waals surface area contributed by atoms with E-state index in [9.17, 15) is 0 Å². The highest BCUT2D eigenvalue weighted by Crippen LogP contribution is 2.20. The third kappa shape index (κ3) is 1.91. The molecule has 11 heavy (non-hydrogen) atoms. The Bertz CT molecular complexity index is 261. The molecule has 0 bridgehead atoms. The highest BCUT2D eigenvalue weighted by molar-refractivity contribution is 6.99. The number of hydrogen-bond acceptors (Lipinski definition) is 4. The van der Waals surface area contributed by atoms with Crippen molar-refractivity contribution in [3.8, 4) is 0 Å². The Hall–Kier alpha value is -0.610. The molecule has 3 nitrogen and oxygen atoms in total. The van der Waals surface area contributed by atoms with Crippen LogP contribution in [0.3, 0.4) is 0 Å². The standard InChI is InChI=1S/C6H7ClN2OS/c1-3-10-4(2)5-6(7)9-11-8-5/h2-3H2,1H3. The Labute approximate surface area is 74.0 Å². The van der Waals surface area contributed by atoms with Crippen LogP contribution >= 0.6 is 23.3 Å². The maximum atomic E-state index is 5.67. The zero-order valence-electron chi connectivity index (χ0n) is 6.00. The van der Waals surface area contributed by atoms with Gasteiger partial charge in [0.2, 0.25) is 0 Å². The average Bonchev–Trinajstić information content (AvgIpc) is 2.36. The number of rotatable bonds is 3. The predicted molar refractivity (Wildman–Crippen MR) is 45.6 cm³/mol. The molecule has 0 saturated carbocycles. The van der Waals surface area contributed by atoms with Crippen LogP contribution in [0.4, 0.5) is 0 Å². The lowest BCUT2D eigenvalue weighted by molar-refractivity contribution is 0.298. The minimum absolute atomic E-state index is 0.355. The Kier molecular flexibility index (Phi) is 2.84. The molecule has 1 rings (SSSR count). The van der Waals surface area contributed by atoms with Gasteiger partial charge in [0.15, 0.2) is 10.8 Å². The fourth-order valence-corrected chi connectivity index (χ4v) is 1.35. The van der Waals surface area contributed by atoms with Gasteiger partial charge in [0.1, 0.15) is 5.76 Å². The molecule has 0 amide bonds. The highest BCUT2D eigenvalue weighted by Gasteiger charge is 2.08. The lowest BCUT2D eigenvalue weighted by Gasteiger charge is -2.01. The molecule has 0 aliphatic heterocycles. The van der Waals surface area contributed by atoms with Crippen LogP contribution in [0.2, 0.25) is 5.15 Å². The van der Waals surface area contributed by atoms with Crippen molar-refractivity contribution in [2.45, 2.75) is 6.92 Å². The predicted octanol–water partition coefficient (Wildman–Crippen LogP) is 2.20. The smallest absolute Gasteiger partial charge is 0.174 e. The van der Waals surface area contributed by atoms with E-state index in [1.807, 2.05) is 6.92 Å². The van der Waals surface area contributed by atoms with Crippen LogP contribution in [-0.4, -0.2) is 15.4 Å². The topological polar surface area (TPSA) is 35.0 Å². The Morgan fingerprint density at radius 3 is 2.91 bits per heavy atom. The zero-order valence-corrected chi connectivity index (χ0v) is 7.58. The fourth-order valence-electron chi connectivity index (χ4n) is 0.587. The third-order valence-corrected chi connectivity index (χ3v) is 1.92. The summed E-state index contributed by atoms with van der Waals surface area (Å²) in [4.78, 5) is 0. The second kappa shape index (κ2) is 3.69. The summed E-state index contributed by atoms with van der Waals surface area (Å²) < 4.78 is 12.8. The summed E-state index contributed by atoms with van der Waals surface area (Å²) in [6, 6.07) is 0. The van der Waals surface area contributed by atoms with Gasteiger partial charge in [-0.05, 0) is 6.92 Å². The lowest BCUT2D eigenvalue weighted by atomic mass is 10.4. The van der Waals surface area contributed by atoms with Gasteiger partial charge in [-0.3, -0.25) is 0 Å². The van der Waals surface area contributed by atoms with Crippen LogP contribution in [0, 0.1) is 0 Å². The molecule has 0 aliphatic carbocycles. The van der Waals surface area contributed by atoms with E-state index in [1.165, 1.54) is 0 Å². The lowest BCUT2D eigenvalue weighted by Crippen LogP contribution is -1.90. The number of ether oxygens (including phenoxy) is 1. The van der Waals surface area contributed by atoms with Gasteiger partial charge in [0.25, 0.3) is 0 Å². The summed E-state index contributed by atoms with van der Waals surface area (Å²) in [5.41, 5.74) is 0.540. The molecular weight excluding hydrogens is 184 g/mol. The van der Waals surface area contributed by atoms with Gasteiger partial charge < -0.3 is 4.74 Å². The SMILES string of the molecule is C=C(OCC)c1nsnc1Cl. The van der Waals surface area contributed by atoms with E-state index >= 15 is 0 Å². The number of hydrogen-bond donors (Lipinski definition) is 0. The molecule has 0 fully saturated rings. The first-order chi connectivity index (χ1) is 5.25. The van der Waals surface area contributed by atoms with Crippen LogP contribution in [0.25, 0.3) is 5.76 Å². The summed E-state index contributed by atoms with van der Waals surface area (Å²) in [5, 5.41) is 0.355. The second-order valence-electron chi connectivity index (χ2n) is 1.76. The van der Waals surface area contributed by atoms with E-state index in [2.05, 4.69) is 15.3 Å². The minimum Gasteiger partial charge on any atom is -0.492 e. The average molecular weight is 191 g/mol. The first kappa shape index (κ1) is 8.49. The Morgan fingerprint density at radius 1 is 1.73 bits per heavy atom. The van der Waals surface area contributed by atoms with Crippen molar-refractivity contribution in [3.05, 3.63) is 17.4 Å². The van der Waals surface area contributed by atoms with E-state index in [1.54, 1.807) is 0 Å². The summed E-state index contributed by atoms with van der Waals surface area (Å²) in [6.07, 6.45) is 0. The van der Waals surface area contributed by atoms with Crippen LogP contribution in [0.5, 0.6) is 0 Å². The van der Waals surface area contributed by atoms with Crippen LogP contribution in [0.1, 0.15) is 12.6 Å². The second-order valence-corrected chi connectivity index (χ2v) is 2.65. The molecule has 0 N–H and O–H groups in total. The van der Waals surface area contributed by atoms with Gasteiger partial charge in [-0.25, -0.2) is 0 Å². The molecule has 1 aromatic heterocycles. The molecular formula is C6H7ClN2OS. The normalized spacial score (nSPS) is 9.64. The third-order valence-electron chi connectivity index (χ3n) is 1.03. The van der Waals surface area contributed by atoms with Crippen LogP contribution in [-0.2, 0) is 4.74 Å². The van der Waals surface area contributed by atoms with Crippen molar-refractivity contribution in [1.29, 1.82) is 0 Å². The maximum Gasteiger partial charge on any atom is 0.174 e. The van der Waals surface area contributed by atoms with Gasteiger partial charge in [-0.15, -0.1) is 0 Å². The monoisotopic (exact) mass is 190 g/mol. The maximum absolute atomic E-state index is 5.67. The van der Waals surface area contributed by atoms with Crippen molar-refractivity contribution in [1.82, 2.24) is 8.75 Å². The number of halogens is 1. The van der Waals surface area contributed by atoms with Gasteiger partial charge in [-0.1, -0.05) is 18.2 Å². The number of aromatic nitrogens is 2. The van der Waals surface area contributed by atoms with E-state index in [0.717, 1.165) is 11.7 Å². The Morgan fingerprint density at radius 2 is 2.45 bits per heavy atom. The van der Waals surface area contributed by atoms with Gasteiger partial charge in [0.05, 0.1) is 18.3 Å². The van der Waals surface area contributed by atoms with Crippen molar-refractivity contribution >= 4 is 29.1 Å². The minimum atomic E-state index is 0.355. The molecule has 60 valence electrons. The molecule has 0 spiro atoms. The van der Waals surface area contributed by atoms with Crippen LogP contribution < -0.4 is 0 Å². The fraction of sp³-hybridized carbons (Fsp3) is 0.333. The van der Waals surface area contributed by atoms with Crippen molar-refractivity contribution in [2.24, 2.45) is 0 Å². The van der Waals surface area contributed by atoms with Crippen molar-refractivity contribution in [2.75, 3.05) is 6.61 Å². The van der Waals surface area contributed by atoms with Crippen LogP contribution in [0.15, 0.2) is 6.58 Å². The molecule has 0 unspecified atom stereocenters. The van der Waals surface area contributed by atoms with E-state index in [0.29, 0.717) is 23.2 Å². The van der Waals surface area contributed by atoms with E-state index in [4.69, 9.17) is 16.3 Å². The summed E-state index contributed by atoms with van der Waals surface area (Å²) >= 11 is 6.71. The molecule has 0 radical (unpaired) electrons. The molecule has 1 heterocycles. The van der Waals surface area contributed by atoms with E-state index in [-0.39, 0.29) is 0 Å². The summed E-state index contributed by atoms with van der Waals surface area (Å²) in [5.74, 6) is 0.478. The zero-order chi connectivity index (χ0) is 8.27. The van der Waals surface area contributed by atoms with Gasteiger partial charge in [0, 0.05) is 0 Å². The molecule has 0 atom stereocenters. The number of nitrogens with zero attached hydrogens (tertiary/aromatic N) is 2. The van der Waals surface area contributed by atoms with Crippen molar-refractivity contribution < 1.29 is 4.74 Å². The molecule has 1 aromatic rings. The van der Waals surface area contributed by atoms with Crippen molar-refractivity contribution in [3.63, 3.8) is 0 Å². The first-order valence-electron chi connectivity index (χ1n) is 3.05. The largest absolute Gasteiger partial charge is 0.492 e. The van der Waals surface area contributed by atoms with Gasteiger partial charge in [-0.2, -0.15) is 8.75 Å². The molecule has 0 aromatic carbocycles. The summed E-state index contributed by atoms with van der Waals surface area (Å²) in [6.45, 7) is 6.08. The Balaban J connectivity index is 2.76. The molecule has 5 heteroatoms.